The average Bonchev–Trinajstić information content (AvgIpc) is 3.19. The number of carbonyl (C=O) groups excluding carboxylic acids is 1. The van der Waals surface area contributed by atoms with Crippen molar-refractivity contribution in [2.75, 3.05) is 5.32 Å². The summed E-state index contributed by atoms with van der Waals surface area (Å²) in [7, 11) is 0. The van der Waals surface area contributed by atoms with Gasteiger partial charge < -0.3 is 5.32 Å². The second-order valence-electron chi connectivity index (χ2n) is 4.55. The van der Waals surface area contributed by atoms with Crippen LogP contribution in [-0.4, -0.2) is 26.1 Å². The molecule has 0 saturated heterocycles. The summed E-state index contributed by atoms with van der Waals surface area (Å²) < 4.78 is 25.1. The Labute approximate surface area is 112 Å². The summed E-state index contributed by atoms with van der Waals surface area (Å²) in [5.74, 6) is -0.174. The second-order valence-corrected chi connectivity index (χ2v) is 4.55. The van der Waals surface area contributed by atoms with Crippen LogP contribution in [0.2, 0.25) is 0 Å². The Bertz CT molecular complexity index is 638. The molecule has 0 unspecified atom stereocenters. The number of nitrogens with one attached hydrogen (secondary N) is 2. The van der Waals surface area contributed by atoms with E-state index < -0.39 is 18.0 Å². The van der Waals surface area contributed by atoms with Crippen LogP contribution in [0.3, 0.4) is 0 Å². The van der Waals surface area contributed by atoms with Crippen LogP contribution in [0.25, 0.3) is 0 Å². The summed E-state index contributed by atoms with van der Waals surface area (Å²) in [6.07, 6.45) is 1.82. The van der Waals surface area contributed by atoms with Gasteiger partial charge in [-0.15, -0.1) is 0 Å². The van der Waals surface area contributed by atoms with Crippen molar-refractivity contribution >= 4 is 11.6 Å². The quantitative estimate of drug-likeness (QED) is 0.899. The number of hydrogen-bond donors (Lipinski definition) is 2. The molecule has 0 spiro atoms. The van der Waals surface area contributed by atoms with Crippen molar-refractivity contribution in [3.63, 3.8) is 0 Å². The van der Waals surface area contributed by atoms with Gasteiger partial charge in [0.05, 0.1) is 17.6 Å². The summed E-state index contributed by atoms with van der Waals surface area (Å²) in [5, 5.41) is 9.35. The van der Waals surface area contributed by atoms with Gasteiger partial charge in [0.25, 0.3) is 12.3 Å². The van der Waals surface area contributed by atoms with Crippen molar-refractivity contribution in [1.29, 1.82) is 0 Å². The number of hydrogen-bond acceptors (Lipinski definition) is 4. The van der Waals surface area contributed by atoms with Gasteiger partial charge in [-0.25, -0.2) is 18.7 Å². The minimum atomic E-state index is -2.74. The van der Waals surface area contributed by atoms with Crippen LogP contribution in [-0.2, 0) is 0 Å². The highest BCUT2D eigenvalue weighted by molar-refractivity contribution is 6.03. The van der Waals surface area contributed by atoms with Crippen molar-refractivity contribution in [3.05, 3.63) is 35.7 Å². The zero-order valence-corrected chi connectivity index (χ0v) is 10.3. The van der Waals surface area contributed by atoms with E-state index in [-0.39, 0.29) is 5.69 Å². The number of anilines is 1. The Morgan fingerprint density at radius 3 is 2.90 bits per heavy atom. The lowest BCUT2D eigenvalue weighted by molar-refractivity contribution is 0.102. The summed E-state index contributed by atoms with van der Waals surface area (Å²) >= 11 is 0. The van der Waals surface area contributed by atoms with Crippen molar-refractivity contribution in [2.24, 2.45) is 0 Å². The minimum absolute atomic E-state index is 0.0988. The molecule has 20 heavy (non-hydrogen) atoms. The molecule has 1 aliphatic rings. The molecule has 0 radical (unpaired) electrons. The smallest absolute Gasteiger partial charge is 0.280 e. The number of halogens is 2. The Kier molecular flexibility index (Phi) is 3.13. The maximum atomic E-state index is 12.5. The van der Waals surface area contributed by atoms with E-state index in [2.05, 4.69) is 25.5 Å². The lowest BCUT2D eigenvalue weighted by Crippen LogP contribution is -2.15. The van der Waals surface area contributed by atoms with Gasteiger partial charge >= 0.3 is 0 Å². The number of aromatic amines is 1. The summed E-state index contributed by atoms with van der Waals surface area (Å²) in [6, 6.07) is 0.983. The molecule has 6 nitrogen and oxygen atoms in total. The van der Waals surface area contributed by atoms with E-state index in [0.717, 1.165) is 30.9 Å². The predicted molar refractivity (Wildman–Crippen MR) is 65.5 cm³/mol. The molecule has 8 heteroatoms. The van der Waals surface area contributed by atoms with E-state index in [4.69, 9.17) is 0 Å². The first-order valence-corrected chi connectivity index (χ1v) is 6.10. The van der Waals surface area contributed by atoms with Gasteiger partial charge in [-0.1, -0.05) is 0 Å². The van der Waals surface area contributed by atoms with Crippen LogP contribution >= 0.6 is 0 Å². The molecule has 0 aromatic carbocycles. The van der Waals surface area contributed by atoms with Crippen LogP contribution in [0.1, 0.15) is 47.1 Å². The molecule has 3 rings (SSSR count). The molecule has 1 saturated carbocycles. The summed E-state index contributed by atoms with van der Waals surface area (Å²) in [5.41, 5.74) is 0.856. The van der Waals surface area contributed by atoms with Gasteiger partial charge in [0.2, 0.25) is 0 Å². The summed E-state index contributed by atoms with van der Waals surface area (Å²) in [6.45, 7) is 0. The third-order valence-corrected chi connectivity index (χ3v) is 3.05. The maximum Gasteiger partial charge on any atom is 0.280 e. The van der Waals surface area contributed by atoms with Gasteiger partial charge in [0.1, 0.15) is 17.7 Å². The Morgan fingerprint density at radius 1 is 1.40 bits per heavy atom. The summed E-state index contributed by atoms with van der Waals surface area (Å²) in [4.78, 5) is 19.1. The SMILES string of the molecule is O=C(Nc1cn[nH]c1C1CC1)c1cc(C(F)F)ncn1. The van der Waals surface area contributed by atoms with E-state index in [9.17, 15) is 13.6 Å². The lowest BCUT2D eigenvalue weighted by atomic mass is 10.2. The van der Waals surface area contributed by atoms with Gasteiger partial charge in [0.15, 0.2) is 0 Å². The third-order valence-electron chi connectivity index (χ3n) is 3.05. The van der Waals surface area contributed by atoms with Crippen molar-refractivity contribution in [3.8, 4) is 0 Å². The van der Waals surface area contributed by atoms with Crippen LogP contribution < -0.4 is 5.32 Å². The molecule has 1 amide bonds. The Morgan fingerprint density at radius 2 is 2.20 bits per heavy atom. The third kappa shape index (κ3) is 2.49. The van der Waals surface area contributed by atoms with Gasteiger partial charge in [-0.2, -0.15) is 5.10 Å². The first-order chi connectivity index (χ1) is 9.65. The zero-order valence-electron chi connectivity index (χ0n) is 10.3. The highest BCUT2D eigenvalue weighted by Crippen LogP contribution is 2.42. The highest BCUT2D eigenvalue weighted by Gasteiger charge is 2.28. The van der Waals surface area contributed by atoms with Crippen LogP contribution in [0.4, 0.5) is 14.5 Å². The molecule has 0 bridgehead atoms. The first kappa shape index (κ1) is 12.6. The number of amides is 1. The number of nitrogens with zero attached hydrogens (tertiary/aromatic N) is 3. The number of H-pyrrole nitrogens is 1. The molecule has 104 valence electrons. The fourth-order valence-electron chi connectivity index (χ4n) is 1.88. The number of aromatic nitrogens is 4. The van der Waals surface area contributed by atoms with E-state index in [1.165, 1.54) is 6.20 Å². The van der Waals surface area contributed by atoms with E-state index in [1.807, 2.05) is 0 Å². The normalized spacial score (nSPS) is 14.6. The molecule has 2 aromatic rings. The largest absolute Gasteiger partial charge is 0.318 e. The minimum Gasteiger partial charge on any atom is -0.318 e. The van der Waals surface area contributed by atoms with Crippen molar-refractivity contribution in [1.82, 2.24) is 20.2 Å². The first-order valence-electron chi connectivity index (χ1n) is 6.10. The van der Waals surface area contributed by atoms with Gasteiger partial charge in [0, 0.05) is 5.92 Å². The van der Waals surface area contributed by atoms with E-state index in [0.29, 0.717) is 11.6 Å². The zero-order chi connectivity index (χ0) is 14.1. The van der Waals surface area contributed by atoms with E-state index >= 15 is 0 Å². The number of carbonyl (C=O) groups is 1. The monoisotopic (exact) mass is 279 g/mol. The second kappa shape index (κ2) is 4.95. The Balaban J connectivity index is 1.78. The molecule has 1 fully saturated rings. The number of rotatable bonds is 4. The predicted octanol–water partition coefficient (Wildman–Crippen LogP) is 2.27. The Hall–Kier alpha value is -2.38. The highest BCUT2D eigenvalue weighted by atomic mass is 19.3. The van der Waals surface area contributed by atoms with Crippen LogP contribution in [0.15, 0.2) is 18.6 Å². The lowest BCUT2D eigenvalue weighted by Gasteiger charge is -2.05. The van der Waals surface area contributed by atoms with Crippen LogP contribution in [0, 0.1) is 0 Å². The molecular weight excluding hydrogens is 268 g/mol. The van der Waals surface area contributed by atoms with Gasteiger partial charge in [-0.05, 0) is 18.9 Å². The molecule has 0 aliphatic heterocycles. The molecule has 0 atom stereocenters. The van der Waals surface area contributed by atoms with Crippen molar-refractivity contribution in [2.45, 2.75) is 25.2 Å². The van der Waals surface area contributed by atoms with E-state index in [1.54, 1.807) is 0 Å². The average molecular weight is 279 g/mol. The van der Waals surface area contributed by atoms with Crippen LogP contribution in [0.5, 0.6) is 0 Å². The molecule has 2 aromatic heterocycles. The molecule has 2 heterocycles. The topological polar surface area (TPSA) is 83.6 Å². The van der Waals surface area contributed by atoms with Gasteiger partial charge in [-0.3, -0.25) is 9.89 Å². The number of alkyl halides is 2. The standard InChI is InChI=1S/C12H11F2N5O/c13-11(14)7-3-8(16-5-15-7)12(20)18-9-4-17-19-10(9)6-1-2-6/h3-6,11H,1-2H2,(H,17,19)(H,18,20). The molecule has 1 aliphatic carbocycles. The fraction of sp³-hybridized carbons (Fsp3) is 0.333. The fourth-order valence-corrected chi connectivity index (χ4v) is 1.88. The maximum absolute atomic E-state index is 12.5. The van der Waals surface area contributed by atoms with Crippen molar-refractivity contribution < 1.29 is 13.6 Å². The molecular formula is C12H11F2N5O. The molecule has 2 N–H and O–H groups in total.